The van der Waals surface area contributed by atoms with Crippen molar-refractivity contribution in [2.45, 2.75) is 32.7 Å². The number of rotatable bonds is 7. The van der Waals surface area contributed by atoms with E-state index in [2.05, 4.69) is 0 Å². The van der Waals surface area contributed by atoms with Crippen molar-refractivity contribution in [2.24, 2.45) is 11.7 Å². The van der Waals surface area contributed by atoms with Crippen LogP contribution in [0.15, 0.2) is 48.5 Å². The molecule has 8 nitrogen and oxygen atoms in total. The molecule has 0 spiro atoms. The molecule has 2 aliphatic heterocycles. The average Bonchev–Trinajstić information content (AvgIpc) is 2.86. The van der Waals surface area contributed by atoms with Crippen molar-refractivity contribution in [1.29, 1.82) is 0 Å². The van der Waals surface area contributed by atoms with Gasteiger partial charge < -0.3 is 10.8 Å². The van der Waals surface area contributed by atoms with Crippen LogP contribution in [0.2, 0.25) is 0 Å². The normalized spacial score (nSPS) is 15.9. The van der Waals surface area contributed by atoms with Crippen molar-refractivity contribution in [3.05, 3.63) is 76.3 Å². The van der Waals surface area contributed by atoms with Crippen molar-refractivity contribution < 1.29 is 24.3 Å². The third-order valence-corrected chi connectivity index (χ3v) is 6.87. The zero-order valence-electron chi connectivity index (χ0n) is 20.2. The fourth-order valence-corrected chi connectivity index (χ4v) is 5.24. The van der Waals surface area contributed by atoms with Crippen LogP contribution in [0.5, 0.6) is 0 Å². The van der Waals surface area contributed by atoms with Crippen molar-refractivity contribution in [2.75, 3.05) is 18.1 Å². The van der Waals surface area contributed by atoms with E-state index in [0.717, 1.165) is 15.4 Å². The Bertz CT molecular complexity index is 1360. The van der Waals surface area contributed by atoms with Gasteiger partial charge in [0.2, 0.25) is 0 Å². The Kier molecular flexibility index (Phi) is 5.94. The van der Waals surface area contributed by atoms with Gasteiger partial charge in [-0.05, 0) is 67.3 Å². The van der Waals surface area contributed by atoms with Gasteiger partial charge >= 0.3 is 0 Å². The Balaban J connectivity index is 1.63. The molecule has 184 valence electrons. The lowest BCUT2D eigenvalue weighted by Crippen LogP contribution is -2.49. The van der Waals surface area contributed by atoms with E-state index in [1.165, 1.54) is 24.3 Å². The molecule has 0 fully saturated rings. The first-order valence-corrected chi connectivity index (χ1v) is 12.0. The highest BCUT2D eigenvalue weighted by Crippen LogP contribution is 2.39. The van der Waals surface area contributed by atoms with Gasteiger partial charge in [-0.15, -0.1) is 0 Å². The summed E-state index contributed by atoms with van der Waals surface area (Å²) >= 11 is 0. The summed E-state index contributed by atoms with van der Waals surface area (Å²) in [6.45, 7) is 4.05. The standard InChI is InChI=1S/C28H27N3O5/c1-15(2)13-18(14-32)31-27(35)21-9-7-19-23-20(8-10-22(24(21)23)28(31)36)26(34)30(25(19)33)17-5-3-16(4-6-17)11-12-29/h3-10,15,18,32H,11-14,29H2,1-2H3. The van der Waals surface area contributed by atoms with E-state index in [0.29, 0.717) is 35.8 Å². The molecule has 2 heterocycles. The smallest absolute Gasteiger partial charge is 0.265 e. The van der Waals surface area contributed by atoms with Gasteiger partial charge in [0.1, 0.15) is 0 Å². The molecule has 0 aliphatic carbocycles. The van der Waals surface area contributed by atoms with E-state index in [9.17, 15) is 24.3 Å². The number of aliphatic hydroxyl groups is 1. The van der Waals surface area contributed by atoms with E-state index in [-0.39, 0.29) is 34.8 Å². The van der Waals surface area contributed by atoms with Crippen LogP contribution in [0.3, 0.4) is 0 Å². The zero-order valence-corrected chi connectivity index (χ0v) is 20.2. The monoisotopic (exact) mass is 485 g/mol. The van der Waals surface area contributed by atoms with Crippen LogP contribution in [0, 0.1) is 5.92 Å². The first-order chi connectivity index (χ1) is 17.3. The summed E-state index contributed by atoms with van der Waals surface area (Å²) in [4.78, 5) is 56.2. The number of carbonyl (C=O) groups excluding carboxylic acids is 4. The second kappa shape index (κ2) is 8.96. The summed E-state index contributed by atoms with van der Waals surface area (Å²) in [5.74, 6) is -1.94. The predicted octanol–water partition coefficient (Wildman–Crippen LogP) is 3.14. The highest BCUT2D eigenvalue weighted by molar-refractivity contribution is 6.39. The maximum Gasteiger partial charge on any atom is 0.265 e. The van der Waals surface area contributed by atoms with Crippen LogP contribution in [0.1, 0.15) is 67.3 Å². The molecule has 0 bridgehead atoms. The summed E-state index contributed by atoms with van der Waals surface area (Å²) in [5, 5.41) is 10.6. The second-order valence-electron chi connectivity index (χ2n) is 9.67. The quantitative estimate of drug-likeness (QED) is 0.496. The van der Waals surface area contributed by atoms with Gasteiger partial charge in [-0.1, -0.05) is 26.0 Å². The molecule has 0 saturated carbocycles. The lowest BCUT2D eigenvalue weighted by molar-refractivity contribution is 0.0443. The Hall–Kier alpha value is -3.88. The van der Waals surface area contributed by atoms with Crippen molar-refractivity contribution in [3.8, 4) is 0 Å². The highest BCUT2D eigenvalue weighted by atomic mass is 16.3. The van der Waals surface area contributed by atoms with Gasteiger partial charge in [0.25, 0.3) is 23.6 Å². The minimum atomic E-state index is -0.665. The minimum absolute atomic E-state index is 0.158. The van der Waals surface area contributed by atoms with Crippen LogP contribution in [-0.4, -0.2) is 52.8 Å². The fourth-order valence-electron chi connectivity index (χ4n) is 5.24. The van der Waals surface area contributed by atoms with Gasteiger partial charge in [0, 0.05) is 33.0 Å². The fraction of sp³-hybridized carbons (Fsp3) is 0.286. The zero-order chi connectivity index (χ0) is 25.7. The van der Waals surface area contributed by atoms with E-state index < -0.39 is 29.7 Å². The van der Waals surface area contributed by atoms with Crippen molar-refractivity contribution >= 4 is 40.1 Å². The summed E-state index contributed by atoms with van der Waals surface area (Å²) in [6, 6.07) is 12.6. The Morgan fingerprint density at radius 3 is 1.64 bits per heavy atom. The van der Waals surface area contributed by atoms with Crippen LogP contribution < -0.4 is 10.6 Å². The molecule has 1 atom stereocenters. The van der Waals surface area contributed by atoms with E-state index in [1.807, 2.05) is 26.0 Å². The highest BCUT2D eigenvalue weighted by Gasteiger charge is 2.42. The minimum Gasteiger partial charge on any atom is -0.394 e. The molecule has 3 aromatic rings. The number of benzene rings is 3. The van der Waals surface area contributed by atoms with Gasteiger partial charge in [-0.2, -0.15) is 0 Å². The molecule has 4 amide bonds. The number of anilines is 1. The maximum absolute atomic E-state index is 13.5. The van der Waals surface area contributed by atoms with E-state index in [4.69, 9.17) is 5.73 Å². The third kappa shape index (κ3) is 3.53. The molecular weight excluding hydrogens is 458 g/mol. The summed E-state index contributed by atoms with van der Waals surface area (Å²) in [6.07, 6.45) is 1.14. The molecule has 8 heteroatoms. The molecule has 0 saturated heterocycles. The lowest BCUT2D eigenvalue weighted by Gasteiger charge is -2.35. The lowest BCUT2D eigenvalue weighted by atomic mass is 9.85. The van der Waals surface area contributed by atoms with E-state index in [1.54, 1.807) is 12.1 Å². The molecular formula is C28H27N3O5. The molecule has 5 rings (SSSR count). The Morgan fingerprint density at radius 2 is 1.22 bits per heavy atom. The number of aliphatic hydroxyl groups excluding tert-OH is 1. The first kappa shape index (κ1) is 23.8. The SMILES string of the molecule is CC(C)CC(CO)N1C(=O)c2ccc3c4c(ccc(c24)C1=O)C(=O)N(c1ccc(CCN)cc1)C3=O. The molecule has 2 aliphatic rings. The topological polar surface area (TPSA) is 121 Å². The summed E-state index contributed by atoms with van der Waals surface area (Å²) < 4.78 is 0. The summed E-state index contributed by atoms with van der Waals surface area (Å²) in [5.41, 5.74) is 8.04. The number of imide groups is 2. The summed E-state index contributed by atoms with van der Waals surface area (Å²) in [7, 11) is 0. The van der Waals surface area contributed by atoms with E-state index >= 15 is 0 Å². The number of amides is 4. The Labute approximate surface area is 208 Å². The number of hydrogen-bond donors (Lipinski definition) is 2. The van der Waals surface area contributed by atoms with Gasteiger partial charge in [0.05, 0.1) is 18.3 Å². The molecule has 0 aromatic heterocycles. The van der Waals surface area contributed by atoms with Gasteiger partial charge in [-0.25, -0.2) is 4.90 Å². The first-order valence-electron chi connectivity index (χ1n) is 12.0. The number of nitrogens with two attached hydrogens (primary N) is 1. The van der Waals surface area contributed by atoms with Gasteiger partial charge in [0.15, 0.2) is 0 Å². The Morgan fingerprint density at radius 1 is 0.750 bits per heavy atom. The van der Waals surface area contributed by atoms with Crippen molar-refractivity contribution in [3.63, 3.8) is 0 Å². The van der Waals surface area contributed by atoms with Crippen LogP contribution in [0.4, 0.5) is 5.69 Å². The average molecular weight is 486 g/mol. The van der Waals surface area contributed by atoms with Crippen LogP contribution in [0.25, 0.3) is 10.8 Å². The van der Waals surface area contributed by atoms with Gasteiger partial charge in [-0.3, -0.25) is 24.1 Å². The number of carbonyl (C=O) groups is 4. The predicted molar refractivity (Wildman–Crippen MR) is 135 cm³/mol. The van der Waals surface area contributed by atoms with Crippen LogP contribution >= 0.6 is 0 Å². The molecule has 3 N–H and O–H groups in total. The van der Waals surface area contributed by atoms with Crippen molar-refractivity contribution in [1.82, 2.24) is 4.90 Å². The molecule has 0 radical (unpaired) electrons. The number of nitrogens with zero attached hydrogens (tertiary/aromatic N) is 2. The third-order valence-electron chi connectivity index (χ3n) is 6.87. The largest absolute Gasteiger partial charge is 0.394 e. The molecule has 36 heavy (non-hydrogen) atoms. The molecule has 1 unspecified atom stereocenters. The number of hydrogen-bond acceptors (Lipinski definition) is 6. The molecule has 3 aromatic carbocycles. The second-order valence-corrected chi connectivity index (χ2v) is 9.67. The van der Waals surface area contributed by atoms with Crippen LogP contribution in [-0.2, 0) is 6.42 Å². The maximum atomic E-state index is 13.5.